The second-order valence-corrected chi connectivity index (χ2v) is 4.14. The number of rotatable bonds is 5. The molecule has 0 spiro atoms. The Balaban J connectivity index is 1.82. The van der Waals surface area contributed by atoms with E-state index in [0.717, 1.165) is 12.8 Å². The first kappa shape index (κ1) is 10.1. The van der Waals surface area contributed by atoms with Gasteiger partial charge < -0.3 is 0 Å². The first-order valence-corrected chi connectivity index (χ1v) is 5.34. The summed E-state index contributed by atoms with van der Waals surface area (Å²) in [5.41, 5.74) is 1.36. The molecule has 2 nitrogen and oxygen atoms in total. The molecule has 0 heterocycles. The Morgan fingerprint density at radius 3 is 2.73 bits per heavy atom. The predicted octanol–water partition coefficient (Wildman–Crippen LogP) is 2.34. The molecule has 0 amide bonds. The molecule has 0 aromatic heterocycles. The Bertz CT molecular complexity index is 356. The Morgan fingerprint density at radius 1 is 1.33 bits per heavy atom. The molecule has 2 unspecified atom stereocenters. The predicted molar refractivity (Wildman–Crippen MR) is 57.6 cm³/mol. The quantitative estimate of drug-likeness (QED) is 0.542. The van der Waals surface area contributed by atoms with E-state index in [-0.39, 0.29) is 5.78 Å². The summed E-state index contributed by atoms with van der Waals surface area (Å²) >= 11 is 0. The van der Waals surface area contributed by atoms with Gasteiger partial charge in [0.15, 0.2) is 12.1 Å². The van der Waals surface area contributed by atoms with Gasteiger partial charge in [0, 0.05) is 6.42 Å². The van der Waals surface area contributed by atoms with Gasteiger partial charge >= 0.3 is 0 Å². The van der Waals surface area contributed by atoms with Crippen molar-refractivity contribution in [2.75, 3.05) is 0 Å². The molecule has 15 heavy (non-hydrogen) atoms. The van der Waals surface area contributed by atoms with Crippen LogP contribution in [-0.2, 0) is 9.59 Å². The van der Waals surface area contributed by atoms with Gasteiger partial charge in [-0.3, -0.25) is 9.59 Å². The molecule has 78 valence electrons. The van der Waals surface area contributed by atoms with Gasteiger partial charge in [0.25, 0.3) is 0 Å². The number of benzene rings is 1. The Hall–Kier alpha value is -1.44. The lowest BCUT2D eigenvalue weighted by Gasteiger charge is -1.98. The van der Waals surface area contributed by atoms with E-state index in [0.29, 0.717) is 24.5 Å². The fourth-order valence-corrected chi connectivity index (χ4v) is 2.06. The average molecular weight is 202 g/mol. The van der Waals surface area contributed by atoms with E-state index in [4.69, 9.17) is 0 Å². The van der Waals surface area contributed by atoms with Crippen molar-refractivity contribution in [2.24, 2.45) is 5.92 Å². The molecule has 0 aliphatic heterocycles. The molecule has 1 fully saturated rings. The summed E-state index contributed by atoms with van der Waals surface area (Å²) in [5.74, 6) is 0.954. The van der Waals surface area contributed by atoms with Crippen LogP contribution in [0.5, 0.6) is 0 Å². The molecule has 2 heteroatoms. The average Bonchev–Trinajstić information content (AvgIpc) is 3.06. The zero-order valence-corrected chi connectivity index (χ0v) is 8.56. The van der Waals surface area contributed by atoms with E-state index < -0.39 is 0 Å². The van der Waals surface area contributed by atoms with Crippen molar-refractivity contribution in [3.05, 3.63) is 35.9 Å². The monoisotopic (exact) mass is 202 g/mol. The van der Waals surface area contributed by atoms with Gasteiger partial charge in [0.2, 0.25) is 0 Å². The van der Waals surface area contributed by atoms with Crippen molar-refractivity contribution in [3.8, 4) is 0 Å². The van der Waals surface area contributed by atoms with Crippen LogP contribution in [0.15, 0.2) is 30.3 Å². The third kappa shape index (κ3) is 2.52. The van der Waals surface area contributed by atoms with Gasteiger partial charge in [-0.25, -0.2) is 0 Å². The summed E-state index contributed by atoms with van der Waals surface area (Å²) in [6.07, 6.45) is 2.87. The smallest absolute Gasteiger partial charge is 0.195 e. The highest BCUT2D eigenvalue weighted by Crippen LogP contribution is 2.49. The third-order valence-electron chi connectivity index (χ3n) is 3.04. The van der Waals surface area contributed by atoms with Gasteiger partial charge in [-0.05, 0) is 30.2 Å². The third-order valence-corrected chi connectivity index (χ3v) is 3.04. The fourth-order valence-electron chi connectivity index (χ4n) is 2.06. The summed E-state index contributed by atoms with van der Waals surface area (Å²) < 4.78 is 0. The van der Waals surface area contributed by atoms with E-state index in [1.807, 2.05) is 18.2 Å². The molecular formula is C13H14O2. The first-order chi connectivity index (χ1) is 7.31. The normalized spacial score (nSPS) is 23.5. The van der Waals surface area contributed by atoms with Crippen molar-refractivity contribution in [2.45, 2.75) is 25.2 Å². The standard InChI is InChI=1S/C13H14O2/c14-9-12(15)7-6-11-8-13(11)10-4-2-1-3-5-10/h1-5,9,11,13H,6-8H2. The van der Waals surface area contributed by atoms with Crippen LogP contribution in [0.25, 0.3) is 0 Å². The Kier molecular flexibility index (Phi) is 2.95. The molecule has 0 saturated heterocycles. The summed E-state index contributed by atoms with van der Waals surface area (Å²) in [6, 6.07) is 10.4. The summed E-state index contributed by atoms with van der Waals surface area (Å²) in [6.45, 7) is 0. The zero-order valence-electron chi connectivity index (χ0n) is 8.56. The SMILES string of the molecule is O=CC(=O)CCC1CC1c1ccccc1. The number of carbonyl (C=O) groups is 2. The maximum absolute atomic E-state index is 10.8. The minimum Gasteiger partial charge on any atom is -0.295 e. The van der Waals surface area contributed by atoms with Crippen LogP contribution in [0.1, 0.15) is 30.7 Å². The van der Waals surface area contributed by atoms with Gasteiger partial charge in [-0.15, -0.1) is 0 Å². The number of hydrogen-bond donors (Lipinski definition) is 0. The van der Waals surface area contributed by atoms with Gasteiger partial charge in [0.1, 0.15) is 0 Å². The van der Waals surface area contributed by atoms with Crippen molar-refractivity contribution >= 4 is 12.1 Å². The maximum atomic E-state index is 10.8. The summed E-state index contributed by atoms with van der Waals surface area (Å²) in [7, 11) is 0. The van der Waals surface area contributed by atoms with Crippen molar-refractivity contribution < 1.29 is 9.59 Å². The fraction of sp³-hybridized carbons (Fsp3) is 0.385. The van der Waals surface area contributed by atoms with E-state index in [1.165, 1.54) is 5.56 Å². The number of carbonyl (C=O) groups excluding carboxylic acids is 2. The van der Waals surface area contributed by atoms with E-state index >= 15 is 0 Å². The number of ketones is 1. The molecule has 2 atom stereocenters. The Morgan fingerprint density at radius 2 is 2.07 bits per heavy atom. The van der Waals surface area contributed by atoms with Crippen LogP contribution in [0.2, 0.25) is 0 Å². The van der Waals surface area contributed by atoms with Crippen LogP contribution in [0.4, 0.5) is 0 Å². The lowest BCUT2D eigenvalue weighted by atomic mass is 10.1. The Labute approximate surface area is 89.3 Å². The summed E-state index contributed by atoms with van der Waals surface area (Å²) in [4.78, 5) is 21.0. The highest BCUT2D eigenvalue weighted by atomic mass is 16.2. The van der Waals surface area contributed by atoms with E-state index in [2.05, 4.69) is 12.1 Å². The van der Waals surface area contributed by atoms with Crippen LogP contribution >= 0.6 is 0 Å². The van der Waals surface area contributed by atoms with Crippen molar-refractivity contribution in [3.63, 3.8) is 0 Å². The molecule has 1 aromatic carbocycles. The molecule has 1 aliphatic rings. The number of hydrogen-bond acceptors (Lipinski definition) is 2. The van der Waals surface area contributed by atoms with Crippen molar-refractivity contribution in [1.82, 2.24) is 0 Å². The second-order valence-electron chi connectivity index (χ2n) is 4.14. The molecule has 1 aliphatic carbocycles. The van der Waals surface area contributed by atoms with Crippen LogP contribution in [0.3, 0.4) is 0 Å². The lowest BCUT2D eigenvalue weighted by Crippen LogP contribution is -1.98. The van der Waals surface area contributed by atoms with E-state index in [1.54, 1.807) is 0 Å². The van der Waals surface area contributed by atoms with Gasteiger partial charge in [-0.1, -0.05) is 30.3 Å². The minimum atomic E-state index is -0.270. The molecule has 0 radical (unpaired) electrons. The number of Topliss-reactive ketones (excluding diaryl/α,β-unsaturated/α-hetero) is 1. The molecule has 0 N–H and O–H groups in total. The first-order valence-electron chi connectivity index (χ1n) is 5.34. The molecular weight excluding hydrogens is 188 g/mol. The molecule has 1 saturated carbocycles. The molecule has 1 aromatic rings. The summed E-state index contributed by atoms with van der Waals surface area (Å²) in [5, 5.41) is 0. The van der Waals surface area contributed by atoms with E-state index in [9.17, 15) is 9.59 Å². The zero-order chi connectivity index (χ0) is 10.7. The molecule has 0 bridgehead atoms. The topological polar surface area (TPSA) is 34.1 Å². The van der Waals surface area contributed by atoms with Crippen LogP contribution in [-0.4, -0.2) is 12.1 Å². The molecule has 2 rings (SSSR count). The highest BCUT2D eigenvalue weighted by Gasteiger charge is 2.37. The van der Waals surface area contributed by atoms with Crippen molar-refractivity contribution in [1.29, 1.82) is 0 Å². The van der Waals surface area contributed by atoms with Gasteiger partial charge in [0.05, 0.1) is 0 Å². The minimum absolute atomic E-state index is 0.270. The lowest BCUT2D eigenvalue weighted by molar-refractivity contribution is -0.129. The highest BCUT2D eigenvalue weighted by molar-refractivity contribution is 6.24. The number of aldehydes is 1. The largest absolute Gasteiger partial charge is 0.295 e. The van der Waals surface area contributed by atoms with Crippen LogP contribution in [0, 0.1) is 5.92 Å². The van der Waals surface area contributed by atoms with Gasteiger partial charge in [-0.2, -0.15) is 0 Å². The van der Waals surface area contributed by atoms with Crippen LogP contribution < -0.4 is 0 Å². The maximum Gasteiger partial charge on any atom is 0.195 e. The second kappa shape index (κ2) is 4.39.